The molecule has 1 N–H and O–H groups in total. The molecule has 0 saturated carbocycles. The standard InChI is InChI=1S/C26H34F2N4O4/c1-16(2)19-9-7-8-10-21(19)32(18-13-14-31(15-18)25(34)36-26(4,5)6)24(33)30-20-12-11-17(3)29-22(20)35-23(27)28/h7-12,16,18,23H,13-15H2,1-6H3,(H,30,33). The summed E-state index contributed by atoms with van der Waals surface area (Å²) in [6.45, 7) is 8.66. The van der Waals surface area contributed by atoms with E-state index in [4.69, 9.17) is 4.74 Å². The van der Waals surface area contributed by atoms with Crippen molar-refractivity contribution in [2.75, 3.05) is 23.3 Å². The van der Waals surface area contributed by atoms with Gasteiger partial charge in [0.1, 0.15) is 11.3 Å². The highest BCUT2D eigenvalue weighted by Gasteiger charge is 2.37. The first kappa shape index (κ1) is 27.2. The zero-order chi connectivity index (χ0) is 26.6. The highest BCUT2D eigenvalue weighted by atomic mass is 19.3. The van der Waals surface area contributed by atoms with E-state index in [0.29, 0.717) is 24.3 Å². The fraction of sp³-hybridized carbons (Fsp3) is 0.500. The second kappa shape index (κ2) is 11.1. The molecule has 0 radical (unpaired) electrons. The van der Waals surface area contributed by atoms with Gasteiger partial charge in [-0.25, -0.2) is 14.6 Å². The molecule has 3 amide bonds. The van der Waals surface area contributed by atoms with Crippen LogP contribution in [0.1, 0.15) is 58.2 Å². The molecule has 1 aromatic heterocycles. The zero-order valence-corrected chi connectivity index (χ0v) is 21.5. The smallest absolute Gasteiger partial charge is 0.410 e. The first-order chi connectivity index (χ1) is 16.9. The number of aromatic nitrogens is 1. The Balaban J connectivity index is 1.94. The minimum Gasteiger partial charge on any atom is -0.444 e. The molecule has 10 heteroatoms. The van der Waals surface area contributed by atoms with Crippen molar-refractivity contribution in [2.24, 2.45) is 0 Å². The number of hydrogen-bond donors (Lipinski definition) is 1. The Kier molecular flexibility index (Phi) is 8.37. The summed E-state index contributed by atoms with van der Waals surface area (Å²) in [5.41, 5.74) is 1.47. The molecule has 3 rings (SSSR count). The van der Waals surface area contributed by atoms with Gasteiger partial charge in [-0.2, -0.15) is 8.78 Å². The van der Waals surface area contributed by atoms with Crippen molar-refractivity contribution < 1.29 is 27.8 Å². The minimum atomic E-state index is -3.09. The van der Waals surface area contributed by atoms with Crippen molar-refractivity contribution in [2.45, 2.75) is 72.1 Å². The number of carbonyl (C=O) groups excluding carboxylic acids is 2. The lowest BCUT2D eigenvalue weighted by Gasteiger charge is -2.32. The third-order valence-electron chi connectivity index (χ3n) is 5.66. The van der Waals surface area contributed by atoms with E-state index in [0.717, 1.165) is 5.56 Å². The van der Waals surface area contributed by atoms with Gasteiger partial charge in [0.15, 0.2) is 0 Å². The largest absolute Gasteiger partial charge is 0.444 e. The molecule has 1 aliphatic rings. The highest BCUT2D eigenvalue weighted by Crippen LogP contribution is 2.33. The number of carbonyl (C=O) groups is 2. The number of amides is 3. The van der Waals surface area contributed by atoms with Crippen LogP contribution in [0.2, 0.25) is 0 Å². The van der Waals surface area contributed by atoms with E-state index in [1.54, 1.807) is 43.6 Å². The Hall–Kier alpha value is -3.43. The fourth-order valence-corrected chi connectivity index (χ4v) is 4.09. The van der Waals surface area contributed by atoms with Crippen LogP contribution in [0, 0.1) is 6.92 Å². The fourth-order valence-electron chi connectivity index (χ4n) is 4.09. The van der Waals surface area contributed by atoms with Crippen LogP contribution in [0.25, 0.3) is 0 Å². The topological polar surface area (TPSA) is 84.0 Å². The summed E-state index contributed by atoms with van der Waals surface area (Å²) >= 11 is 0. The van der Waals surface area contributed by atoms with Gasteiger partial charge in [-0.05, 0) is 63.8 Å². The molecule has 196 valence electrons. The van der Waals surface area contributed by atoms with E-state index in [2.05, 4.69) is 15.0 Å². The van der Waals surface area contributed by atoms with Crippen molar-refractivity contribution in [3.63, 3.8) is 0 Å². The van der Waals surface area contributed by atoms with Gasteiger partial charge in [-0.3, -0.25) is 4.90 Å². The first-order valence-corrected chi connectivity index (χ1v) is 11.9. The molecule has 0 spiro atoms. The van der Waals surface area contributed by atoms with Gasteiger partial charge in [-0.1, -0.05) is 32.0 Å². The molecule has 0 aliphatic carbocycles. The van der Waals surface area contributed by atoms with Crippen LogP contribution in [-0.4, -0.2) is 53.4 Å². The van der Waals surface area contributed by atoms with Crippen molar-refractivity contribution >= 4 is 23.5 Å². The van der Waals surface area contributed by atoms with Gasteiger partial charge >= 0.3 is 18.7 Å². The predicted octanol–water partition coefficient (Wildman–Crippen LogP) is 6.16. The van der Waals surface area contributed by atoms with E-state index in [1.807, 2.05) is 38.1 Å². The molecule has 2 aromatic rings. The van der Waals surface area contributed by atoms with Crippen LogP contribution in [0.5, 0.6) is 5.88 Å². The molecule has 1 saturated heterocycles. The van der Waals surface area contributed by atoms with E-state index in [-0.39, 0.29) is 30.1 Å². The average Bonchev–Trinajstić information content (AvgIpc) is 3.24. The number of nitrogens with one attached hydrogen (secondary N) is 1. The van der Waals surface area contributed by atoms with Crippen LogP contribution in [0.15, 0.2) is 36.4 Å². The van der Waals surface area contributed by atoms with Gasteiger partial charge in [0.05, 0.1) is 6.04 Å². The third kappa shape index (κ3) is 6.83. The van der Waals surface area contributed by atoms with E-state index in [1.165, 1.54) is 6.07 Å². The molecule has 1 aliphatic heterocycles. The number of nitrogens with zero attached hydrogens (tertiary/aromatic N) is 3. The van der Waals surface area contributed by atoms with Crippen LogP contribution >= 0.6 is 0 Å². The Labute approximate surface area is 210 Å². The summed E-state index contributed by atoms with van der Waals surface area (Å²) in [4.78, 5) is 33.6. The summed E-state index contributed by atoms with van der Waals surface area (Å²) in [6, 6.07) is 9.69. The van der Waals surface area contributed by atoms with E-state index < -0.39 is 24.3 Å². The van der Waals surface area contributed by atoms with Gasteiger partial charge < -0.3 is 19.7 Å². The number of benzene rings is 1. The van der Waals surface area contributed by atoms with Gasteiger partial charge in [-0.15, -0.1) is 0 Å². The van der Waals surface area contributed by atoms with Crippen molar-refractivity contribution in [1.82, 2.24) is 9.88 Å². The molecule has 2 heterocycles. The number of alkyl halides is 2. The monoisotopic (exact) mass is 504 g/mol. The number of hydrogen-bond acceptors (Lipinski definition) is 5. The van der Waals surface area contributed by atoms with Gasteiger partial charge in [0.25, 0.3) is 0 Å². The van der Waals surface area contributed by atoms with Gasteiger partial charge in [0, 0.05) is 24.5 Å². The Morgan fingerprint density at radius 1 is 1.17 bits per heavy atom. The number of aryl methyl sites for hydroxylation is 1. The number of ether oxygens (including phenoxy) is 2. The molecule has 36 heavy (non-hydrogen) atoms. The SMILES string of the molecule is Cc1ccc(NC(=O)N(c2ccccc2C(C)C)C2CCN(C(=O)OC(C)(C)C)C2)c(OC(F)F)n1. The zero-order valence-electron chi connectivity index (χ0n) is 21.5. The normalized spacial score (nSPS) is 15.8. The minimum absolute atomic E-state index is 0.0277. The highest BCUT2D eigenvalue weighted by molar-refractivity contribution is 6.03. The summed E-state index contributed by atoms with van der Waals surface area (Å²) in [5.74, 6) is -0.254. The number of anilines is 2. The third-order valence-corrected chi connectivity index (χ3v) is 5.66. The maximum atomic E-state index is 13.7. The molecule has 1 aromatic carbocycles. The van der Waals surface area contributed by atoms with Crippen molar-refractivity contribution in [3.8, 4) is 5.88 Å². The maximum absolute atomic E-state index is 13.7. The summed E-state index contributed by atoms with van der Waals surface area (Å²) in [5, 5.41) is 2.70. The molecule has 1 unspecified atom stereocenters. The Morgan fingerprint density at radius 2 is 1.86 bits per heavy atom. The number of urea groups is 1. The van der Waals surface area contributed by atoms with E-state index >= 15 is 0 Å². The second-order valence-electron chi connectivity index (χ2n) is 10.1. The lowest BCUT2D eigenvalue weighted by molar-refractivity contribution is -0.0523. The maximum Gasteiger partial charge on any atom is 0.410 e. The molecular weight excluding hydrogens is 470 g/mol. The molecule has 8 nitrogen and oxygen atoms in total. The lowest BCUT2D eigenvalue weighted by atomic mass is 9.99. The number of para-hydroxylation sites is 1. The average molecular weight is 505 g/mol. The number of pyridine rings is 1. The van der Waals surface area contributed by atoms with Crippen LogP contribution in [0.4, 0.5) is 29.7 Å². The summed E-state index contributed by atoms with van der Waals surface area (Å²) in [7, 11) is 0. The number of halogens is 2. The van der Waals surface area contributed by atoms with Crippen molar-refractivity contribution in [3.05, 3.63) is 47.7 Å². The van der Waals surface area contributed by atoms with Crippen LogP contribution in [-0.2, 0) is 4.74 Å². The van der Waals surface area contributed by atoms with Crippen LogP contribution in [0.3, 0.4) is 0 Å². The predicted molar refractivity (Wildman–Crippen MR) is 134 cm³/mol. The molecular formula is C26H34F2N4O4. The van der Waals surface area contributed by atoms with Crippen LogP contribution < -0.4 is 15.0 Å². The summed E-state index contributed by atoms with van der Waals surface area (Å²) < 4.78 is 36.0. The van der Waals surface area contributed by atoms with Gasteiger partial charge in [0.2, 0.25) is 5.88 Å². The summed E-state index contributed by atoms with van der Waals surface area (Å²) in [6.07, 6.45) is 0.0730. The molecule has 1 atom stereocenters. The Bertz CT molecular complexity index is 1090. The molecule has 1 fully saturated rings. The van der Waals surface area contributed by atoms with E-state index in [9.17, 15) is 18.4 Å². The number of likely N-dealkylation sites (tertiary alicyclic amines) is 1. The lowest BCUT2D eigenvalue weighted by Crippen LogP contribution is -2.46. The number of rotatable bonds is 6. The Morgan fingerprint density at radius 3 is 2.50 bits per heavy atom. The molecule has 0 bridgehead atoms. The quantitative estimate of drug-likeness (QED) is 0.509. The second-order valence-corrected chi connectivity index (χ2v) is 10.1. The first-order valence-electron chi connectivity index (χ1n) is 11.9. The van der Waals surface area contributed by atoms with Crippen molar-refractivity contribution in [1.29, 1.82) is 0 Å².